The first-order valence-corrected chi connectivity index (χ1v) is 12.1. The van der Waals surface area contributed by atoms with Gasteiger partial charge < -0.3 is 19.1 Å². The molecule has 2 aliphatic rings. The van der Waals surface area contributed by atoms with Gasteiger partial charge in [0.15, 0.2) is 17.5 Å². The third-order valence-corrected chi connectivity index (χ3v) is 6.68. The predicted octanol–water partition coefficient (Wildman–Crippen LogP) is 4.98. The average molecular weight is 462 g/mol. The first-order valence-electron chi connectivity index (χ1n) is 10.8. The minimum Gasteiger partial charge on any atom is -0.490 e. The predicted molar refractivity (Wildman–Crippen MR) is 120 cm³/mol. The number of hydrogen-bond donors (Lipinski definition) is 0. The number of carbonyl (C=O) groups is 1. The molecule has 0 saturated carbocycles. The van der Waals surface area contributed by atoms with Gasteiger partial charge in [0, 0.05) is 13.1 Å². The number of piperidine rings is 1. The van der Waals surface area contributed by atoms with Gasteiger partial charge in [-0.05, 0) is 74.9 Å². The van der Waals surface area contributed by atoms with Crippen LogP contribution in [0.15, 0.2) is 41.3 Å². The highest BCUT2D eigenvalue weighted by Crippen LogP contribution is 2.34. The smallest absolute Gasteiger partial charge is 0.410 e. The van der Waals surface area contributed by atoms with Crippen LogP contribution in [0.1, 0.15) is 33.6 Å². The van der Waals surface area contributed by atoms with Crippen molar-refractivity contribution in [2.45, 2.75) is 44.1 Å². The molecule has 0 N–H and O–H groups in total. The summed E-state index contributed by atoms with van der Waals surface area (Å²) in [6, 6.07) is 10.2. The van der Waals surface area contributed by atoms with Crippen molar-refractivity contribution in [1.29, 1.82) is 0 Å². The van der Waals surface area contributed by atoms with E-state index in [2.05, 4.69) is 0 Å². The van der Waals surface area contributed by atoms with E-state index in [1.54, 1.807) is 29.2 Å². The highest BCUT2D eigenvalue weighted by Gasteiger charge is 2.27. The molecule has 1 atom stereocenters. The van der Waals surface area contributed by atoms with E-state index in [1.165, 1.54) is 6.07 Å². The number of carbonyl (C=O) groups excluding carboxylic acids is 1. The zero-order valence-electron chi connectivity index (χ0n) is 18.6. The van der Waals surface area contributed by atoms with Crippen LogP contribution >= 0.6 is 0 Å². The number of rotatable bonds is 4. The summed E-state index contributed by atoms with van der Waals surface area (Å²) < 4.78 is 43.1. The molecule has 0 spiro atoms. The van der Waals surface area contributed by atoms with Gasteiger partial charge in [0.25, 0.3) is 0 Å². The van der Waals surface area contributed by atoms with Crippen LogP contribution in [0, 0.1) is 11.7 Å². The second kappa shape index (κ2) is 9.10. The maximum absolute atomic E-state index is 14.7. The van der Waals surface area contributed by atoms with Gasteiger partial charge in [-0.2, -0.15) is 0 Å². The molecule has 2 aromatic rings. The van der Waals surface area contributed by atoms with Gasteiger partial charge in [-0.25, -0.2) is 9.18 Å². The zero-order chi connectivity index (χ0) is 22.9. The fraction of sp³-hybridized carbons (Fsp3) is 0.458. The van der Waals surface area contributed by atoms with E-state index in [-0.39, 0.29) is 23.7 Å². The van der Waals surface area contributed by atoms with Crippen LogP contribution in [-0.4, -0.2) is 46.4 Å². The number of amides is 1. The molecular weight excluding hydrogens is 433 g/mol. The lowest BCUT2D eigenvalue weighted by Gasteiger charge is -2.33. The van der Waals surface area contributed by atoms with Crippen molar-refractivity contribution < 1.29 is 27.6 Å². The molecule has 1 saturated heterocycles. The van der Waals surface area contributed by atoms with Crippen molar-refractivity contribution in [2.24, 2.45) is 5.92 Å². The van der Waals surface area contributed by atoms with Crippen molar-refractivity contribution in [1.82, 2.24) is 4.90 Å². The van der Waals surface area contributed by atoms with Crippen molar-refractivity contribution in [3.05, 3.63) is 42.2 Å². The van der Waals surface area contributed by atoms with Gasteiger partial charge in [0.05, 0.1) is 22.3 Å². The van der Waals surface area contributed by atoms with E-state index in [9.17, 15) is 13.4 Å². The SMILES string of the molecule is CC(C)(C)OC(=O)N1CCC(COc2ccc(-c3ccc4c(c3)OC[S@@]4=O)cc2F)CC1. The van der Waals surface area contributed by atoms with Gasteiger partial charge in [-0.1, -0.05) is 12.1 Å². The van der Waals surface area contributed by atoms with E-state index in [0.717, 1.165) is 18.4 Å². The van der Waals surface area contributed by atoms with Crippen LogP contribution in [0.25, 0.3) is 11.1 Å². The Labute approximate surface area is 190 Å². The summed E-state index contributed by atoms with van der Waals surface area (Å²) in [5.74, 6) is 0.777. The van der Waals surface area contributed by atoms with Crippen molar-refractivity contribution in [2.75, 3.05) is 25.6 Å². The standard InChI is InChI=1S/C24H28FNO5S/c1-24(2,3)31-23(27)26-10-8-16(9-11-26)14-29-20-6-4-17(12-19(20)25)18-5-7-22-21(13-18)30-15-32(22)28/h4-7,12-13,16H,8-11,14-15H2,1-3H3/t32-/m0/s1. The molecule has 1 amide bonds. The molecule has 0 bridgehead atoms. The molecule has 2 heterocycles. The molecule has 32 heavy (non-hydrogen) atoms. The topological polar surface area (TPSA) is 65.1 Å². The number of hydrogen-bond acceptors (Lipinski definition) is 5. The molecule has 8 heteroatoms. The molecule has 6 nitrogen and oxygen atoms in total. The summed E-state index contributed by atoms with van der Waals surface area (Å²) >= 11 is 0. The molecule has 1 fully saturated rings. The highest BCUT2D eigenvalue weighted by molar-refractivity contribution is 7.85. The Kier molecular flexibility index (Phi) is 6.42. The average Bonchev–Trinajstić information content (AvgIpc) is 3.12. The molecule has 0 aromatic heterocycles. The van der Waals surface area contributed by atoms with Crippen LogP contribution < -0.4 is 9.47 Å². The molecule has 4 rings (SSSR count). The Balaban J connectivity index is 1.32. The summed E-state index contributed by atoms with van der Waals surface area (Å²) in [5, 5.41) is 0. The number of halogens is 1. The maximum atomic E-state index is 14.7. The first-order chi connectivity index (χ1) is 15.2. The van der Waals surface area contributed by atoms with Crippen LogP contribution in [-0.2, 0) is 15.5 Å². The summed E-state index contributed by atoms with van der Waals surface area (Å²) in [6.45, 7) is 7.17. The molecule has 2 aromatic carbocycles. The summed E-state index contributed by atoms with van der Waals surface area (Å²) in [4.78, 5) is 14.6. The quantitative estimate of drug-likeness (QED) is 0.643. The Bertz CT molecular complexity index is 1030. The van der Waals surface area contributed by atoms with Gasteiger partial charge in [0.1, 0.15) is 11.4 Å². The van der Waals surface area contributed by atoms with Crippen molar-refractivity contribution >= 4 is 16.9 Å². The zero-order valence-corrected chi connectivity index (χ0v) is 19.4. The lowest BCUT2D eigenvalue weighted by molar-refractivity contribution is 0.0164. The largest absolute Gasteiger partial charge is 0.490 e. The summed E-state index contributed by atoms with van der Waals surface area (Å²) in [5.41, 5.74) is 0.985. The van der Waals surface area contributed by atoms with Crippen LogP contribution in [0.3, 0.4) is 0 Å². The monoisotopic (exact) mass is 461 g/mol. The first kappa shape index (κ1) is 22.6. The van der Waals surface area contributed by atoms with Gasteiger partial charge >= 0.3 is 6.09 Å². The maximum Gasteiger partial charge on any atom is 0.410 e. The fourth-order valence-corrected chi connectivity index (χ4v) is 4.71. The number of likely N-dealkylation sites (tertiary alicyclic amines) is 1. The molecular formula is C24H28FNO5S. The molecule has 0 unspecified atom stereocenters. The molecule has 2 aliphatic heterocycles. The highest BCUT2D eigenvalue weighted by atomic mass is 32.2. The Morgan fingerprint density at radius 3 is 2.53 bits per heavy atom. The second-order valence-corrected chi connectivity index (χ2v) is 10.5. The fourth-order valence-electron chi connectivity index (χ4n) is 3.78. The van der Waals surface area contributed by atoms with E-state index < -0.39 is 22.2 Å². The molecule has 0 aliphatic carbocycles. The minimum atomic E-state index is -1.13. The van der Waals surface area contributed by atoms with Crippen molar-refractivity contribution in [3.63, 3.8) is 0 Å². The minimum absolute atomic E-state index is 0.163. The normalized spacial score (nSPS) is 18.8. The van der Waals surface area contributed by atoms with E-state index in [1.807, 2.05) is 26.8 Å². The number of nitrogens with zero attached hydrogens (tertiary/aromatic N) is 1. The molecule has 172 valence electrons. The van der Waals surface area contributed by atoms with E-state index in [4.69, 9.17) is 14.2 Å². The van der Waals surface area contributed by atoms with Crippen LogP contribution in [0.2, 0.25) is 0 Å². The van der Waals surface area contributed by atoms with E-state index in [0.29, 0.717) is 35.9 Å². The third-order valence-electron chi connectivity index (χ3n) is 5.52. The van der Waals surface area contributed by atoms with Crippen molar-refractivity contribution in [3.8, 4) is 22.6 Å². The molecule has 0 radical (unpaired) electrons. The van der Waals surface area contributed by atoms with Crippen LogP contribution in [0.4, 0.5) is 9.18 Å². The summed E-state index contributed by atoms with van der Waals surface area (Å²) in [6.07, 6.45) is 1.28. The lowest BCUT2D eigenvalue weighted by Crippen LogP contribution is -2.42. The third kappa shape index (κ3) is 5.23. The lowest BCUT2D eigenvalue weighted by atomic mass is 9.98. The number of benzene rings is 2. The number of fused-ring (bicyclic) bond motifs is 1. The van der Waals surface area contributed by atoms with Gasteiger partial charge in [-0.3, -0.25) is 4.21 Å². The Morgan fingerprint density at radius 2 is 1.84 bits per heavy atom. The van der Waals surface area contributed by atoms with Crippen LogP contribution in [0.5, 0.6) is 11.5 Å². The number of ether oxygens (including phenoxy) is 3. The van der Waals surface area contributed by atoms with Gasteiger partial charge in [0.2, 0.25) is 0 Å². The summed E-state index contributed by atoms with van der Waals surface area (Å²) in [7, 11) is -1.13. The second-order valence-electron chi connectivity index (χ2n) is 9.14. The Hall–Kier alpha value is -2.61. The Morgan fingerprint density at radius 1 is 1.16 bits per heavy atom. The van der Waals surface area contributed by atoms with E-state index >= 15 is 0 Å². The van der Waals surface area contributed by atoms with Gasteiger partial charge in [-0.15, -0.1) is 0 Å².